The number of hydrogen-bond acceptors (Lipinski definition) is 3. The maximum atomic E-state index is 4.47. The van der Waals surface area contributed by atoms with Crippen molar-refractivity contribution in [3.63, 3.8) is 0 Å². The summed E-state index contributed by atoms with van der Waals surface area (Å²) in [4.78, 5) is 0. The van der Waals surface area contributed by atoms with Crippen molar-refractivity contribution in [1.29, 1.82) is 0 Å². The molecule has 106 valence electrons. The van der Waals surface area contributed by atoms with Crippen LogP contribution >= 0.6 is 0 Å². The molecular weight excluding hydrogens is 236 g/mol. The second kappa shape index (κ2) is 5.23. The first-order valence-electron chi connectivity index (χ1n) is 7.80. The molecule has 2 aliphatic rings. The van der Waals surface area contributed by atoms with E-state index in [-0.39, 0.29) is 0 Å². The van der Waals surface area contributed by atoms with Crippen LogP contribution in [0.3, 0.4) is 0 Å². The fourth-order valence-electron chi connectivity index (χ4n) is 4.02. The normalized spacial score (nSPS) is 26.4. The Balaban J connectivity index is 1.86. The Morgan fingerprint density at radius 3 is 2.89 bits per heavy atom. The first-order chi connectivity index (χ1) is 9.21. The van der Waals surface area contributed by atoms with Gasteiger partial charge in [-0.15, -0.1) is 10.2 Å². The van der Waals surface area contributed by atoms with E-state index in [2.05, 4.69) is 33.9 Å². The zero-order chi connectivity index (χ0) is 13.3. The molecule has 4 nitrogen and oxygen atoms in total. The number of nitrogens with zero attached hydrogens (tertiary/aromatic N) is 3. The summed E-state index contributed by atoms with van der Waals surface area (Å²) < 4.78 is 2.29. The molecule has 1 unspecified atom stereocenters. The maximum absolute atomic E-state index is 4.47. The SMILES string of the molecule is CC(C)Cn1cnnc1C1CNCC12CCCCC2. The lowest BCUT2D eigenvalue weighted by Crippen LogP contribution is -2.33. The predicted octanol–water partition coefficient (Wildman–Crippen LogP) is 2.57. The highest BCUT2D eigenvalue weighted by atomic mass is 15.3. The van der Waals surface area contributed by atoms with Crippen LogP contribution in [0, 0.1) is 11.3 Å². The second-order valence-corrected chi connectivity index (χ2v) is 6.84. The molecule has 2 fully saturated rings. The molecule has 0 amide bonds. The van der Waals surface area contributed by atoms with E-state index in [1.54, 1.807) is 0 Å². The number of aromatic nitrogens is 3. The molecule has 1 atom stereocenters. The van der Waals surface area contributed by atoms with Crippen LogP contribution in [-0.4, -0.2) is 27.9 Å². The maximum Gasteiger partial charge on any atom is 0.137 e. The van der Waals surface area contributed by atoms with Crippen molar-refractivity contribution in [2.24, 2.45) is 11.3 Å². The van der Waals surface area contributed by atoms with Crippen LogP contribution in [0.2, 0.25) is 0 Å². The van der Waals surface area contributed by atoms with Gasteiger partial charge in [-0.1, -0.05) is 33.1 Å². The van der Waals surface area contributed by atoms with Gasteiger partial charge in [-0.05, 0) is 24.2 Å². The first kappa shape index (κ1) is 13.1. The van der Waals surface area contributed by atoms with Crippen LogP contribution in [0.4, 0.5) is 0 Å². The molecule has 19 heavy (non-hydrogen) atoms. The van der Waals surface area contributed by atoms with Crippen molar-refractivity contribution in [2.75, 3.05) is 13.1 Å². The van der Waals surface area contributed by atoms with Gasteiger partial charge in [0.05, 0.1) is 0 Å². The summed E-state index contributed by atoms with van der Waals surface area (Å²) in [5.41, 5.74) is 0.458. The van der Waals surface area contributed by atoms with Crippen LogP contribution < -0.4 is 5.32 Å². The highest BCUT2D eigenvalue weighted by Gasteiger charge is 2.46. The summed E-state index contributed by atoms with van der Waals surface area (Å²) in [5, 5.41) is 12.3. The molecule has 1 saturated heterocycles. The summed E-state index contributed by atoms with van der Waals surface area (Å²) >= 11 is 0. The molecular formula is C15H26N4. The lowest BCUT2D eigenvalue weighted by Gasteiger charge is -2.37. The molecule has 1 spiro atoms. The topological polar surface area (TPSA) is 42.7 Å². The summed E-state index contributed by atoms with van der Waals surface area (Å²) in [6, 6.07) is 0. The molecule has 0 bridgehead atoms. The summed E-state index contributed by atoms with van der Waals surface area (Å²) in [5.74, 6) is 2.43. The van der Waals surface area contributed by atoms with E-state index in [9.17, 15) is 0 Å². The number of hydrogen-bond donors (Lipinski definition) is 1. The third-order valence-corrected chi connectivity index (χ3v) is 4.93. The van der Waals surface area contributed by atoms with Gasteiger partial charge in [0.25, 0.3) is 0 Å². The van der Waals surface area contributed by atoms with E-state index in [0.29, 0.717) is 17.3 Å². The number of nitrogens with one attached hydrogen (secondary N) is 1. The average Bonchev–Trinajstić information content (AvgIpc) is 2.97. The average molecular weight is 262 g/mol. The minimum atomic E-state index is 0.458. The molecule has 4 heteroatoms. The van der Waals surface area contributed by atoms with Crippen LogP contribution in [0.15, 0.2) is 6.33 Å². The van der Waals surface area contributed by atoms with Crippen molar-refractivity contribution in [2.45, 2.75) is 58.4 Å². The van der Waals surface area contributed by atoms with Gasteiger partial charge in [0, 0.05) is 25.6 Å². The second-order valence-electron chi connectivity index (χ2n) is 6.84. The van der Waals surface area contributed by atoms with Crippen molar-refractivity contribution < 1.29 is 0 Å². The van der Waals surface area contributed by atoms with Crippen LogP contribution in [0.25, 0.3) is 0 Å². The van der Waals surface area contributed by atoms with Crippen LogP contribution in [0.1, 0.15) is 57.7 Å². The van der Waals surface area contributed by atoms with Gasteiger partial charge in [0.1, 0.15) is 12.2 Å². The Morgan fingerprint density at radius 2 is 2.16 bits per heavy atom. The monoisotopic (exact) mass is 262 g/mol. The van der Waals surface area contributed by atoms with E-state index < -0.39 is 0 Å². The van der Waals surface area contributed by atoms with E-state index in [1.165, 1.54) is 44.5 Å². The Bertz CT molecular complexity index is 418. The van der Waals surface area contributed by atoms with Gasteiger partial charge in [0.2, 0.25) is 0 Å². The van der Waals surface area contributed by atoms with Gasteiger partial charge in [-0.2, -0.15) is 0 Å². The first-order valence-corrected chi connectivity index (χ1v) is 7.80. The minimum Gasteiger partial charge on any atom is -0.317 e. The lowest BCUT2D eigenvalue weighted by molar-refractivity contribution is 0.181. The van der Waals surface area contributed by atoms with Gasteiger partial charge in [0.15, 0.2) is 0 Å². The largest absolute Gasteiger partial charge is 0.317 e. The molecule has 1 saturated carbocycles. The van der Waals surface area contributed by atoms with Crippen LogP contribution in [-0.2, 0) is 6.54 Å². The van der Waals surface area contributed by atoms with Gasteiger partial charge >= 0.3 is 0 Å². The quantitative estimate of drug-likeness (QED) is 0.910. The van der Waals surface area contributed by atoms with Crippen LogP contribution in [0.5, 0.6) is 0 Å². The van der Waals surface area contributed by atoms with Gasteiger partial charge < -0.3 is 9.88 Å². The van der Waals surface area contributed by atoms with Crippen molar-refractivity contribution in [3.05, 3.63) is 12.2 Å². The van der Waals surface area contributed by atoms with Crippen molar-refractivity contribution >= 4 is 0 Å². The lowest BCUT2D eigenvalue weighted by atomic mass is 9.67. The van der Waals surface area contributed by atoms with E-state index >= 15 is 0 Å². The van der Waals surface area contributed by atoms with E-state index in [0.717, 1.165) is 13.1 Å². The molecule has 2 heterocycles. The molecule has 0 aromatic carbocycles. The summed E-state index contributed by atoms with van der Waals surface area (Å²) in [7, 11) is 0. The molecule has 0 radical (unpaired) electrons. The molecule has 1 N–H and O–H groups in total. The Hall–Kier alpha value is -0.900. The van der Waals surface area contributed by atoms with Gasteiger partial charge in [-0.3, -0.25) is 0 Å². The third-order valence-electron chi connectivity index (χ3n) is 4.93. The third kappa shape index (κ3) is 2.42. The Kier molecular flexibility index (Phi) is 3.61. The highest BCUT2D eigenvalue weighted by molar-refractivity contribution is 5.12. The van der Waals surface area contributed by atoms with E-state index in [1.807, 2.05) is 6.33 Å². The highest BCUT2D eigenvalue weighted by Crippen LogP contribution is 2.48. The zero-order valence-electron chi connectivity index (χ0n) is 12.2. The molecule has 1 aliphatic heterocycles. The van der Waals surface area contributed by atoms with Crippen molar-refractivity contribution in [1.82, 2.24) is 20.1 Å². The standard InChI is InChI=1S/C15H26N4/c1-12(2)9-19-11-17-18-14(19)13-8-16-10-15(13)6-4-3-5-7-15/h11-13,16H,3-10H2,1-2H3. The summed E-state index contributed by atoms with van der Waals surface area (Å²) in [6.45, 7) is 7.80. The fraction of sp³-hybridized carbons (Fsp3) is 0.867. The predicted molar refractivity (Wildman–Crippen MR) is 76.0 cm³/mol. The number of rotatable bonds is 3. The molecule has 1 aromatic rings. The molecule has 1 aromatic heterocycles. The Morgan fingerprint density at radius 1 is 1.37 bits per heavy atom. The smallest absolute Gasteiger partial charge is 0.137 e. The summed E-state index contributed by atoms with van der Waals surface area (Å²) in [6.07, 6.45) is 8.82. The van der Waals surface area contributed by atoms with E-state index in [4.69, 9.17) is 0 Å². The Labute approximate surface area is 116 Å². The minimum absolute atomic E-state index is 0.458. The fourth-order valence-corrected chi connectivity index (χ4v) is 4.02. The zero-order valence-corrected chi connectivity index (χ0v) is 12.2. The molecule has 3 rings (SSSR count). The molecule has 1 aliphatic carbocycles. The van der Waals surface area contributed by atoms with Gasteiger partial charge in [-0.25, -0.2) is 0 Å². The van der Waals surface area contributed by atoms with Crippen molar-refractivity contribution in [3.8, 4) is 0 Å².